The van der Waals surface area contributed by atoms with Crippen molar-refractivity contribution in [3.8, 4) is 22.6 Å². The smallest absolute Gasteiger partial charge is 0.744 e. The average Bonchev–Trinajstić information content (AvgIpc) is 2.63. The molecule has 0 heterocycles. The van der Waals surface area contributed by atoms with E-state index in [2.05, 4.69) is 31.9 Å². The SMILES string of the molecule is COc1c(Br)cc(S(=O)(=O)[O-])c(-c2c(S(=O)(=O)[O-])cc(Br)c(OC)c2S(=O)(=O)[O-])c1S(=O)(=O)[O-].[K+].[K+].[K+].[K+]. The van der Waals surface area contributed by atoms with Gasteiger partial charge in [0.1, 0.15) is 50.3 Å². The summed E-state index contributed by atoms with van der Waals surface area (Å²) in [5, 5.41) is 0. The van der Waals surface area contributed by atoms with Gasteiger partial charge in [0.15, 0.2) is 11.5 Å². The molecular formula is C14H8Br2K4O14S4. The molecule has 0 aliphatic heterocycles. The van der Waals surface area contributed by atoms with Crippen molar-refractivity contribution in [2.45, 2.75) is 19.6 Å². The zero-order valence-electron chi connectivity index (χ0n) is 20.3. The average molecular weight is 845 g/mol. The summed E-state index contributed by atoms with van der Waals surface area (Å²) in [5.41, 5.74) is -3.39. The topological polar surface area (TPSA) is 247 Å². The van der Waals surface area contributed by atoms with Crippen LogP contribution in [0.5, 0.6) is 11.5 Å². The van der Waals surface area contributed by atoms with Crippen LogP contribution in [0, 0.1) is 0 Å². The molecule has 0 aliphatic rings. The van der Waals surface area contributed by atoms with Gasteiger partial charge in [-0.2, -0.15) is 0 Å². The quantitative estimate of drug-likeness (QED) is 0.186. The first-order chi connectivity index (χ1) is 15.2. The zero-order chi connectivity index (χ0) is 26.6. The monoisotopic (exact) mass is 842 g/mol. The van der Waals surface area contributed by atoms with Crippen LogP contribution in [0.1, 0.15) is 0 Å². The molecule has 2 aromatic carbocycles. The predicted octanol–water partition coefficient (Wildman–Crippen LogP) is -11.5. The minimum absolute atomic E-state index is 0. The van der Waals surface area contributed by atoms with Crippen molar-refractivity contribution < 1.29 is 267 Å². The van der Waals surface area contributed by atoms with Gasteiger partial charge in [-0.15, -0.1) is 0 Å². The second-order valence-electron chi connectivity index (χ2n) is 6.00. The van der Waals surface area contributed by atoms with E-state index in [1.54, 1.807) is 0 Å². The van der Waals surface area contributed by atoms with Gasteiger partial charge >= 0.3 is 206 Å². The molecule has 2 rings (SSSR count). The maximum atomic E-state index is 12.1. The van der Waals surface area contributed by atoms with Gasteiger partial charge in [-0.1, -0.05) is 0 Å². The molecule has 0 fully saturated rings. The fourth-order valence-corrected chi connectivity index (χ4v) is 7.97. The normalized spacial score (nSPS) is 11.7. The Morgan fingerprint density at radius 2 is 0.789 bits per heavy atom. The number of benzene rings is 2. The van der Waals surface area contributed by atoms with Crippen LogP contribution >= 0.6 is 31.9 Å². The second-order valence-corrected chi connectivity index (χ2v) is 13.0. The molecule has 0 spiro atoms. The van der Waals surface area contributed by atoms with E-state index >= 15 is 0 Å². The summed E-state index contributed by atoms with van der Waals surface area (Å²) >= 11 is 5.36. The molecule has 0 radical (unpaired) electrons. The molecule has 0 aromatic heterocycles. The molecular weight excluding hydrogens is 837 g/mol. The third kappa shape index (κ3) is 11.2. The summed E-state index contributed by atoms with van der Waals surface area (Å²) in [7, 11) is -22.0. The molecule has 14 nitrogen and oxygen atoms in total. The molecule has 190 valence electrons. The number of halogens is 2. The number of rotatable bonds is 7. The van der Waals surface area contributed by atoms with E-state index in [4.69, 9.17) is 9.47 Å². The molecule has 0 unspecified atom stereocenters. The minimum Gasteiger partial charge on any atom is -0.744 e. The van der Waals surface area contributed by atoms with Gasteiger partial charge < -0.3 is 27.7 Å². The number of hydrogen-bond donors (Lipinski definition) is 0. The van der Waals surface area contributed by atoms with E-state index in [9.17, 15) is 51.9 Å². The van der Waals surface area contributed by atoms with Crippen LogP contribution in [0.2, 0.25) is 0 Å². The summed E-state index contributed by atoms with van der Waals surface area (Å²) in [6.07, 6.45) is 0. The summed E-state index contributed by atoms with van der Waals surface area (Å²) in [4.78, 5) is -6.85. The van der Waals surface area contributed by atoms with Gasteiger partial charge in [0.2, 0.25) is 0 Å². The van der Waals surface area contributed by atoms with Gasteiger partial charge in [-0.25, -0.2) is 33.7 Å². The van der Waals surface area contributed by atoms with Crippen molar-refractivity contribution in [1.82, 2.24) is 0 Å². The second kappa shape index (κ2) is 17.9. The van der Waals surface area contributed by atoms with Crippen molar-refractivity contribution in [3.05, 3.63) is 21.1 Å². The van der Waals surface area contributed by atoms with E-state index < -0.39 is 91.6 Å². The van der Waals surface area contributed by atoms with Gasteiger partial charge in [0.25, 0.3) is 0 Å². The molecule has 0 saturated heterocycles. The first kappa shape index (κ1) is 47.6. The molecule has 0 bridgehead atoms. The van der Waals surface area contributed by atoms with Gasteiger partial charge in [0.05, 0.1) is 33.0 Å². The first-order valence-corrected chi connectivity index (χ1v) is 15.0. The largest absolute Gasteiger partial charge is 1.00 e. The van der Waals surface area contributed by atoms with E-state index in [0.29, 0.717) is 12.1 Å². The Morgan fingerprint density at radius 3 is 0.947 bits per heavy atom. The fraction of sp³-hybridized carbons (Fsp3) is 0.143. The van der Waals surface area contributed by atoms with Crippen LogP contribution in [-0.2, 0) is 40.5 Å². The van der Waals surface area contributed by atoms with Crippen molar-refractivity contribution in [2.75, 3.05) is 14.2 Å². The zero-order valence-corrected chi connectivity index (χ0v) is 39.2. The van der Waals surface area contributed by atoms with Gasteiger partial charge in [-0.05, 0) is 44.0 Å². The Labute approximate surface area is 405 Å². The van der Waals surface area contributed by atoms with Crippen LogP contribution in [0.4, 0.5) is 0 Å². The fourth-order valence-electron chi connectivity index (χ4n) is 2.90. The van der Waals surface area contributed by atoms with Crippen molar-refractivity contribution in [1.29, 1.82) is 0 Å². The maximum Gasteiger partial charge on any atom is 1.00 e. The van der Waals surface area contributed by atoms with E-state index in [1.807, 2.05) is 0 Å². The summed E-state index contributed by atoms with van der Waals surface area (Å²) in [6.45, 7) is 0. The number of methoxy groups -OCH3 is 2. The standard InChI is InChI=1S/C14H12Br2O14S4.4K/c1-29-11-5(15)3-7(31(17,18)19)9(13(11)33(23,24)25)10-8(32(20,21)22)4-6(16)12(30-2)14(10)34(26,27)28;;;;/h3-4H,1-2H3,(H,17,18,19)(H,20,21,22)(H,23,24,25)(H,26,27,28);;;;/q;4*+1/p-4. The molecule has 2 aromatic rings. The number of hydrogen-bond acceptors (Lipinski definition) is 14. The first-order valence-electron chi connectivity index (χ1n) is 7.82. The van der Waals surface area contributed by atoms with Crippen molar-refractivity contribution in [2.24, 2.45) is 0 Å². The summed E-state index contributed by atoms with van der Waals surface area (Å²) in [5.74, 6) is -1.99. The van der Waals surface area contributed by atoms with Crippen LogP contribution in [0.3, 0.4) is 0 Å². The Hall–Kier alpha value is 5.19. The Morgan fingerprint density at radius 1 is 0.553 bits per heavy atom. The Bertz CT molecular complexity index is 1520. The maximum absolute atomic E-state index is 12.1. The van der Waals surface area contributed by atoms with Crippen molar-refractivity contribution >= 4 is 72.3 Å². The van der Waals surface area contributed by atoms with E-state index in [-0.39, 0.29) is 206 Å². The number of ether oxygens (including phenoxy) is 2. The van der Waals surface area contributed by atoms with E-state index in [0.717, 1.165) is 14.2 Å². The van der Waals surface area contributed by atoms with Crippen LogP contribution in [0.15, 0.2) is 40.7 Å². The molecule has 0 amide bonds. The Balaban J connectivity index is -0.00000306. The molecule has 38 heavy (non-hydrogen) atoms. The predicted molar refractivity (Wildman–Crippen MR) is 112 cm³/mol. The van der Waals surface area contributed by atoms with Crippen LogP contribution < -0.4 is 215 Å². The van der Waals surface area contributed by atoms with Crippen LogP contribution in [-0.4, -0.2) is 66.1 Å². The van der Waals surface area contributed by atoms with Gasteiger partial charge in [-0.3, -0.25) is 0 Å². The molecule has 0 N–H and O–H groups in total. The van der Waals surface area contributed by atoms with Crippen molar-refractivity contribution in [3.63, 3.8) is 0 Å². The van der Waals surface area contributed by atoms with Gasteiger partial charge in [0, 0.05) is 11.1 Å². The molecule has 0 atom stereocenters. The third-order valence-electron chi connectivity index (χ3n) is 4.01. The Kier molecular flexibility index (Phi) is 22.4. The van der Waals surface area contributed by atoms with Crippen LogP contribution in [0.25, 0.3) is 11.1 Å². The molecule has 24 heteroatoms. The molecule has 0 aliphatic carbocycles. The third-order valence-corrected chi connectivity index (χ3v) is 8.68. The molecule has 0 saturated carbocycles. The summed E-state index contributed by atoms with van der Waals surface area (Å²) < 4.78 is 153. The minimum atomic E-state index is -5.94. The van der Waals surface area contributed by atoms with E-state index in [1.165, 1.54) is 0 Å². The summed E-state index contributed by atoms with van der Waals surface area (Å²) in [6, 6.07) is 0.726.